The SMILES string of the molecule is Cn1cc(-c2ccc(C[C@H](NC(=O)C3CCC(CNC(=O)OC(C)(C)C)CC3)C(=O)Nc3ccc(-c4nn[nH]n4)cc3)cc2)c(=O)n(C)c1=O. The molecule has 264 valence electrons. The Morgan fingerprint density at radius 3 is 2.24 bits per heavy atom. The highest BCUT2D eigenvalue weighted by molar-refractivity contribution is 5.97. The van der Waals surface area contributed by atoms with Gasteiger partial charge in [0, 0.05) is 50.4 Å². The van der Waals surface area contributed by atoms with Gasteiger partial charge in [0.05, 0.1) is 5.56 Å². The number of tetrazole rings is 1. The third-order valence-electron chi connectivity index (χ3n) is 8.69. The molecule has 50 heavy (non-hydrogen) atoms. The van der Waals surface area contributed by atoms with Gasteiger partial charge in [0.2, 0.25) is 17.6 Å². The molecule has 1 fully saturated rings. The quantitative estimate of drug-likeness (QED) is 0.194. The van der Waals surface area contributed by atoms with E-state index >= 15 is 0 Å². The minimum atomic E-state index is -0.901. The van der Waals surface area contributed by atoms with Crippen molar-refractivity contribution in [1.29, 1.82) is 0 Å². The number of amides is 3. The summed E-state index contributed by atoms with van der Waals surface area (Å²) in [7, 11) is 3.01. The van der Waals surface area contributed by atoms with Gasteiger partial charge in [-0.05, 0) is 93.0 Å². The van der Waals surface area contributed by atoms with Crippen LogP contribution >= 0.6 is 0 Å². The van der Waals surface area contributed by atoms with E-state index in [1.54, 1.807) is 55.6 Å². The molecule has 15 heteroatoms. The number of carbonyl (C=O) groups is 3. The largest absolute Gasteiger partial charge is 0.444 e. The van der Waals surface area contributed by atoms with Crippen LogP contribution in [0.1, 0.15) is 52.0 Å². The number of hydrogen-bond donors (Lipinski definition) is 4. The number of aryl methyl sites for hydroxylation is 1. The van der Waals surface area contributed by atoms with Crippen LogP contribution in [0.5, 0.6) is 0 Å². The standard InChI is InChI=1S/C35H43N9O6/c1-35(2,3)50-33(48)36-19-22-8-12-25(13-9-22)30(45)38-28(31(46)37-26-16-14-24(15-17-26)29-39-41-42-40-29)18-21-6-10-23(11-7-21)27-20-43(4)34(49)44(5)32(27)47/h6-7,10-11,14-17,20,22,25,28H,8-9,12-13,18-19H2,1-5H3,(H,36,48)(H,37,46)(H,38,45)(H,39,40,41,42)/t22?,25?,28-/m0/s1. The number of H-pyrrole nitrogens is 1. The van der Waals surface area contributed by atoms with Crippen LogP contribution in [0.2, 0.25) is 0 Å². The number of carbonyl (C=O) groups excluding carboxylic acids is 3. The summed E-state index contributed by atoms with van der Waals surface area (Å²) in [6.07, 6.45) is 4.00. The molecule has 0 radical (unpaired) electrons. The van der Waals surface area contributed by atoms with Gasteiger partial charge in [0.1, 0.15) is 11.6 Å². The Balaban J connectivity index is 1.27. The van der Waals surface area contributed by atoms with E-state index in [1.807, 2.05) is 20.8 Å². The van der Waals surface area contributed by atoms with E-state index in [9.17, 15) is 24.0 Å². The lowest BCUT2D eigenvalue weighted by molar-refractivity contribution is -0.130. The van der Waals surface area contributed by atoms with Gasteiger partial charge in [-0.15, -0.1) is 10.2 Å². The third-order valence-corrected chi connectivity index (χ3v) is 8.69. The highest BCUT2D eigenvalue weighted by Gasteiger charge is 2.30. The average Bonchev–Trinajstić information content (AvgIpc) is 3.63. The minimum absolute atomic E-state index is 0.194. The van der Waals surface area contributed by atoms with Crippen LogP contribution in [-0.2, 0) is 34.8 Å². The number of nitrogens with one attached hydrogen (secondary N) is 4. The number of anilines is 1. The first-order valence-corrected chi connectivity index (χ1v) is 16.6. The Kier molecular flexibility index (Phi) is 10.9. The van der Waals surface area contributed by atoms with Crippen LogP contribution in [0.25, 0.3) is 22.5 Å². The fraction of sp³-hybridized carbons (Fsp3) is 0.429. The normalized spacial score (nSPS) is 16.7. The van der Waals surface area contributed by atoms with E-state index in [-0.39, 0.29) is 24.2 Å². The summed E-state index contributed by atoms with van der Waals surface area (Å²) in [5.74, 6) is -0.232. The second-order valence-electron chi connectivity index (χ2n) is 13.7. The highest BCUT2D eigenvalue weighted by atomic mass is 16.6. The van der Waals surface area contributed by atoms with Gasteiger partial charge in [-0.2, -0.15) is 5.21 Å². The Hall–Kier alpha value is -5.60. The Bertz CT molecular complexity index is 1920. The Labute approximate surface area is 288 Å². The van der Waals surface area contributed by atoms with Crippen LogP contribution in [0.4, 0.5) is 10.5 Å². The number of nitrogens with zero attached hydrogens (tertiary/aromatic N) is 5. The lowest BCUT2D eigenvalue weighted by Gasteiger charge is -2.29. The molecule has 0 unspecified atom stereocenters. The van der Waals surface area contributed by atoms with Crippen LogP contribution in [0.3, 0.4) is 0 Å². The molecule has 4 aromatic rings. The van der Waals surface area contributed by atoms with Crippen molar-refractivity contribution >= 4 is 23.6 Å². The fourth-order valence-corrected chi connectivity index (χ4v) is 5.95. The molecular weight excluding hydrogens is 642 g/mol. The molecule has 0 spiro atoms. The summed E-state index contributed by atoms with van der Waals surface area (Å²) in [6, 6.07) is 13.2. The van der Waals surface area contributed by atoms with Gasteiger partial charge in [-0.1, -0.05) is 24.3 Å². The molecule has 1 aliphatic carbocycles. The van der Waals surface area contributed by atoms with E-state index in [2.05, 4.69) is 36.6 Å². The zero-order valence-corrected chi connectivity index (χ0v) is 28.9. The Morgan fingerprint density at radius 2 is 1.62 bits per heavy atom. The number of aromatic nitrogens is 6. The van der Waals surface area contributed by atoms with Crippen molar-refractivity contribution in [3.63, 3.8) is 0 Å². The Morgan fingerprint density at radius 1 is 0.960 bits per heavy atom. The fourth-order valence-electron chi connectivity index (χ4n) is 5.95. The first kappa shape index (κ1) is 35.7. The molecule has 2 aromatic heterocycles. The monoisotopic (exact) mass is 685 g/mol. The van der Waals surface area contributed by atoms with Crippen LogP contribution in [-0.4, -0.2) is 65.9 Å². The van der Waals surface area contributed by atoms with Crippen molar-refractivity contribution in [2.75, 3.05) is 11.9 Å². The third kappa shape index (κ3) is 9.09. The molecule has 0 saturated heterocycles. The van der Waals surface area contributed by atoms with Crippen molar-refractivity contribution in [2.24, 2.45) is 25.9 Å². The van der Waals surface area contributed by atoms with Gasteiger partial charge in [0.15, 0.2) is 0 Å². The topological polar surface area (TPSA) is 195 Å². The van der Waals surface area contributed by atoms with E-state index < -0.39 is 34.9 Å². The molecule has 2 heterocycles. The molecule has 4 N–H and O–H groups in total. The molecule has 1 atom stereocenters. The summed E-state index contributed by atoms with van der Waals surface area (Å²) in [5, 5.41) is 22.6. The van der Waals surface area contributed by atoms with Gasteiger partial charge in [-0.25, -0.2) is 9.59 Å². The van der Waals surface area contributed by atoms with E-state index in [4.69, 9.17) is 4.74 Å². The van der Waals surface area contributed by atoms with Crippen molar-refractivity contribution in [3.05, 3.63) is 81.1 Å². The molecule has 0 bridgehead atoms. The predicted octanol–water partition coefficient (Wildman–Crippen LogP) is 2.93. The lowest BCUT2D eigenvalue weighted by atomic mass is 9.81. The van der Waals surface area contributed by atoms with E-state index in [0.717, 1.165) is 23.0 Å². The van der Waals surface area contributed by atoms with E-state index in [1.165, 1.54) is 17.8 Å². The predicted molar refractivity (Wildman–Crippen MR) is 186 cm³/mol. The molecule has 1 aliphatic rings. The van der Waals surface area contributed by atoms with Crippen molar-refractivity contribution in [2.45, 2.75) is 64.5 Å². The second-order valence-corrected chi connectivity index (χ2v) is 13.7. The minimum Gasteiger partial charge on any atom is -0.444 e. The zero-order chi connectivity index (χ0) is 36.0. The first-order valence-electron chi connectivity index (χ1n) is 16.6. The van der Waals surface area contributed by atoms with Gasteiger partial charge < -0.3 is 25.3 Å². The number of benzene rings is 2. The summed E-state index contributed by atoms with van der Waals surface area (Å²) in [6.45, 7) is 5.91. The van der Waals surface area contributed by atoms with Gasteiger partial charge >= 0.3 is 11.8 Å². The maximum absolute atomic E-state index is 13.7. The molecule has 3 amide bonds. The number of hydrogen-bond acceptors (Lipinski definition) is 9. The van der Waals surface area contributed by atoms with Crippen LogP contribution in [0.15, 0.2) is 64.3 Å². The molecule has 1 saturated carbocycles. The summed E-state index contributed by atoms with van der Waals surface area (Å²) in [5.41, 5.74) is 1.58. The summed E-state index contributed by atoms with van der Waals surface area (Å²) < 4.78 is 7.73. The zero-order valence-electron chi connectivity index (χ0n) is 28.9. The molecule has 15 nitrogen and oxygen atoms in total. The highest BCUT2D eigenvalue weighted by Crippen LogP contribution is 2.29. The van der Waals surface area contributed by atoms with Crippen molar-refractivity contribution in [1.82, 2.24) is 40.4 Å². The number of aromatic amines is 1. The molecule has 2 aromatic carbocycles. The number of rotatable bonds is 10. The smallest absolute Gasteiger partial charge is 0.407 e. The lowest BCUT2D eigenvalue weighted by Crippen LogP contribution is -2.48. The molecular formula is C35H43N9O6. The van der Waals surface area contributed by atoms with Crippen molar-refractivity contribution < 1.29 is 19.1 Å². The molecule has 0 aliphatic heterocycles. The molecule has 5 rings (SSSR count). The van der Waals surface area contributed by atoms with Gasteiger partial charge in [-0.3, -0.25) is 19.0 Å². The van der Waals surface area contributed by atoms with Gasteiger partial charge in [0.25, 0.3) is 5.56 Å². The summed E-state index contributed by atoms with van der Waals surface area (Å²) in [4.78, 5) is 64.3. The maximum atomic E-state index is 13.7. The first-order chi connectivity index (χ1) is 23.8. The van der Waals surface area contributed by atoms with Crippen LogP contribution in [0, 0.1) is 11.8 Å². The maximum Gasteiger partial charge on any atom is 0.407 e. The average molecular weight is 686 g/mol. The van der Waals surface area contributed by atoms with Crippen LogP contribution < -0.4 is 27.2 Å². The number of ether oxygens (including phenoxy) is 1. The number of alkyl carbamates (subject to hydrolysis) is 1. The van der Waals surface area contributed by atoms with E-state index in [0.29, 0.717) is 47.6 Å². The second kappa shape index (κ2) is 15.3. The summed E-state index contributed by atoms with van der Waals surface area (Å²) >= 11 is 0. The van der Waals surface area contributed by atoms with Crippen molar-refractivity contribution in [3.8, 4) is 22.5 Å².